The van der Waals surface area contributed by atoms with Crippen molar-refractivity contribution < 1.29 is 38.0 Å². The second-order valence-corrected chi connectivity index (χ2v) is 6.43. The monoisotopic (exact) mass is 448 g/mol. The highest BCUT2D eigenvalue weighted by Crippen LogP contribution is 2.39. The van der Waals surface area contributed by atoms with Gasteiger partial charge in [0.05, 0.1) is 42.7 Å². The molecule has 32 heavy (non-hydrogen) atoms. The van der Waals surface area contributed by atoms with Gasteiger partial charge in [-0.3, -0.25) is 9.59 Å². The van der Waals surface area contributed by atoms with E-state index in [1.54, 1.807) is 24.3 Å². The van der Waals surface area contributed by atoms with Gasteiger partial charge in [-0.25, -0.2) is 0 Å². The van der Waals surface area contributed by atoms with E-state index in [0.29, 0.717) is 45.6 Å². The molecule has 0 saturated carbocycles. The number of nitrogens with one attached hydrogen (secondary N) is 2. The van der Waals surface area contributed by atoms with Gasteiger partial charge in [-0.15, -0.1) is 0 Å². The number of hydrogen-bond donors (Lipinski definition) is 2. The molecule has 0 aromatic heterocycles. The lowest BCUT2D eigenvalue weighted by Crippen LogP contribution is -2.39. The third-order valence-corrected chi connectivity index (χ3v) is 4.56. The molecule has 2 aromatic carbocycles. The summed E-state index contributed by atoms with van der Waals surface area (Å²) in [6.45, 7) is 0.181. The zero-order chi connectivity index (χ0) is 23.7. The smallest absolute Gasteiger partial charge is 0.309 e. The van der Waals surface area contributed by atoms with E-state index in [9.17, 15) is 9.59 Å². The maximum atomic E-state index is 12.2. The van der Waals surface area contributed by atoms with Crippen molar-refractivity contribution in [2.75, 3.05) is 42.7 Å². The standard InChI is InChI=1S/C22H28N2O8/c1-27-15-7-13(8-16(28-2)19(15)31-5)11-23-21(25)22(26)24-12-14-9-17(29-3)20(32-6)18(10-14)30-4/h7-10H,11-12H2,1-6H3,(H,23,25)(H,24,26). The fourth-order valence-corrected chi connectivity index (χ4v) is 3.00. The number of benzene rings is 2. The van der Waals surface area contributed by atoms with Crippen LogP contribution in [0.25, 0.3) is 0 Å². The SMILES string of the molecule is COc1cc(CNC(=O)C(=O)NCc2cc(OC)c(OC)c(OC)c2)cc(OC)c1OC. The highest BCUT2D eigenvalue weighted by molar-refractivity contribution is 6.35. The van der Waals surface area contributed by atoms with Gasteiger partial charge >= 0.3 is 11.8 Å². The zero-order valence-electron chi connectivity index (χ0n) is 19.0. The molecule has 2 N–H and O–H groups in total. The molecule has 0 spiro atoms. The Morgan fingerprint density at radius 1 is 0.562 bits per heavy atom. The molecule has 10 heteroatoms. The molecule has 0 bridgehead atoms. The van der Waals surface area contributed by atoms with Crippen molar-refractivity contribution in [3.63, 3.8) is 0 Å². The quantitative estimate of drug-likeness (QED) is 0.528. The Kier molecular flexibility index (Phi) is 8.82. The summed E-state index contributed by atoms with van der Waals surface area (Å²) in [5, 5.41) is 5.13. The van der Waals surface area contributed by atoms with Gasteiger partial charge in [0.1, 0.15) is 0 Å². The van der Waals surface area contributed by atoms with Gasteiger partial charge in [-0.05, 0) is 35.4 Å². The minimum atomic E-state index is -0.786. The molecule has 174 valence electrons. The van der Waals surface area contributed by atoms with Crippen LogP contribution in [0, 0.1) is 0 Å². The van der Waals surface area contributed by atoms with Crippen LogP contribution in [0.1, 0.15) is 11.1 Å². The zero-order valence-corrected chi connectivity index (χ0v) is 19.0. The normalized spacial score (nSPS) is 10.1. The number of amides is 2. The van der Waals surface area contributed by atoms with E-state index in [-0.39, 0.29) is 13.1 Å². The molecule has 0 atom stereocenters. The summed E-state index contributed by atoms with van der Waals surface area (Å²) in [5.74, 6) is 1.09. The second kappa shape index (κ2) is 11.5. The van der Waals surface area contributed by atoms with Crippen LogP contribution < -0.4 is 39.1 Å². The molecule has 2 amide bonds. The summed E-state index contributed by atoms with van der Waals surface area (Å²) in [7, 11) is 8.99. The van der Waals surface area contributed by atoms with Gasteiger partial charge in [0.15, 0.2) is 23.0 Å². The van der Waals surface area contributed by atoms with Crippen molar-refractivity contribution in [3.05, 3.63) is 35.4 Å². The first-order chi connectivity index (χ1) is 15.4. The van der Waals surface area contributed by atoms with Crippen LogP contribution in [0.4, 0.5) is 0 Å². The van der Waals surface area contributed by atoms with Crippen molar-refractivity contribution in [3.8, 4) is 34.5 Å². The van der Waals surface area contributed by atoms with E-state index < -0.39 is 11.8 Å². The Bertz CT molecular complexity index is 833. The molecular weight excluding hydrogens is 420 g/mol. The van der Waals surface area contributed by atoms with Gasteiger partial charge in [0.25, 0.3) is 0 Å². The summed E-state index contributed by atoms with van der Waals surface area (Å²) < 4.78 is 31.7. The first-order valence-corrected chi connectivity index (χ1v) is 9.56. The largest absolute Gasteiger partial charge is 0.493 e. The third-order valence-electron chi connectivity index (χ3n) is 4.56. The van der Waals surface area contributed by atoms with Crippen LogP contribution in [-0.4, -0.2) is 54.5 Å². The molecule has 0 aliphatic rings. The van der Waals surface area contributed by atoms with E-state index in [1.807, 2.05) is 0 Å². The van der Waals surface area contributed by atoms with Crippen molar-refractivity contribution >= 4 is 11.8 Å². The molecule has 10 nitrogen and oxygen atoms in total. The Hall–Kier alpha value is -3.82. The first-order valence-electron chi connectivity index (χ1n) is 9.56. The van der Waals surface area contributed by atoms with E-state index in [1.165, 1.54) is 42.7 Å². The van der Waals surface area contributed by atoms with E-state index >= 15 is 0 Å². The van der Waals surface area contributed by atoms with Gasteiger partial charge in [0.2, 0.25) is 11.5 Å². The fraction of sp³-hybridized carbons (Fsp3) is 0.364. The molecule has 0 saturated heterocycles. The van der Waals surface area contributed by atoms with E-state index in [2.05, 4.69) is 10.6 Å². The number of rotatable bonds is 10. The molecule has 0 heterocycles. The summed E-state index contributed by atoms with van der Waals surface area (Å²) >= 11 is 0. The summed E-state index contributed by atoms with van der Waals surface area (Å²) in [6.07, 6.45) is 0. The molecule has 2 rings (SSSR count). The van der Waals surface area contributed by atoms with Gasteiger partial charge in [-0.1, -0.05) is 0 Å². The van der Waals surface area contributed by atoms with Gasteiger partial charge in [-0.2, -0.15) is 0 Å². The van der Waals surface area contributed by atoms with Crippen LogP contribution in [0.5, 0.6) is 34.5 Å². The van der Waals surface area contributed by atoms with Crippen LogP contribution in [0.15, 0.2) is 24.3 Å². The summed E-state index contributed by atoms with van der Waals surface area (Å²) in [4.78, 5) is 24.5. The average molecular weight is 448 g/mol. The predicted molar refractivity (Wildman–Crippen MR) is 116 cm³/mol. The lowest BCUT2D eigenvalue weighted by Gasteiger charge is -2.15. The van der Waals surface area contributed by atoms with Crippen LogP contribution in [0.3, 0.4) is 0 Å². The van der Waals surface area contributed by atoms with E-state index in [0.717, 1.165) is 0 Å². The minimum Gasteiger partial charge on any atom is -0.493 e. The first kappa shape index (κ1) is 24.4. The summed E-state index contributed by atoms with van der Waals surface area (Å²) in [5.41, 5.74) is 1.34. The molecule has 2 aromatic rings. The Morgan fingerprint density at radius 2 is 0.844 bits per heavy atom. The maximum Gasteiger partial charge on any atom is 0.309 e. The number of carbonyl (C=O) groups is 2. The number of ether oxygens (including phenoxy) is 6. The lowest BCUT2D eigenvalue weighted by atomic mass is 10.1. The molecular formula is C22H28N2O8. The van der Waals surface area contributed by atoms with Crippen LogP contribution in [0.2, 0.25) is 0 Å². The van der Waals surface area contributed by atoms with Crippen molar-refractivity contribution in [2.45, 2.75) is 13.1 Å². The Balaban J connectivity index is 2.02. The lowest BCUT2D eigenvalue weighted by molar-refractivity contribution is -0.139. The molecule has 0 unspecified atom stereocenters. The molecule has 0 aliphatic carbocycles. The third kappa shape index (κ3) is 5.65. The molecule has 0 radical (unpaired) electrons. The Morgan fingerprint density at radius 3 is 1.06 bits per heavy atom. The van der Waals surface area contributed by atoms with Crippen LogP contribution >= 0.6 is 0 Å². The predicted octanol–water partition coefficient (Wildman–Crippen LogP) is 1.67. The van der Waals surface area contributed by atoms with Crippen molar-refractivity contribution in [2.24, 2.45) is 0 Å². The number of methoxy groups -OCH3 is 6. The molecule has 0 fully saturated rings. The highest BCUT2D eigenvalue weighted by atomic mass is 16.5. The topological polar surface area (TPSA) is 114 Å². The van der Waals surface area contributed by atoms with Gasteiger partial charge in [0, 0.05) is 13.1 Å². The van der Waals surface area contributed by atoms with Crippen molar-refractivity contribution in [1.29, 1.82) is 0 Å². The average Bonchev–Trinajstić information content (AvgIpc) is 2.83. The van der Waals surface area contributed by atoms with Crippen molar-refractivity contribution in [1.82, 2.24) is 10.6 Å². The number of carbonyl (C=O) groups excluding carboxylic acids is 2. The second-order valence-electron chi connectivity index (χ2n) is 6.43. The highest BCUT2D eigenvalue weighted by Gasteiger charge is 2.18. The van der Waals surface area contributed by atoms with Gasteiger partial charge < -0.3 is 39.1 Å². The Labute approximate surface area is 186 Å². The van der Waals surface area contributed by atoms with E-state index in [4.69, 9.17) is 28.4 Å². The van der Waals surface area contributed by atoms with Crippen LogP contribution in [-0.2, 0) is 22.7 Å². The molecule has 0 aliphatic heterocycles. The summed E-state index contributed by atoms with van der Waals surface area (Å²) in [6, 6.07) is 6.76. The maximum absolute atomic E-state index is 12.2. The number of hydrogen-bond acceptors (Lipinski definition) is 8. The fourth-order valence-electron chi connectivity index (χ4n) is 3.00. The minimum absolute atomic E-state index is 0.0904.